The molecule has 4 heteroatoms. The zero-order chi connectivity index (χ0) is 19.6. The Bertz CT molecular complexity index is 673. The van der Waals surface area contributed by atoms with E-state index in [-0.39, 0.29) is 12.1 Å². The fourth-order valence-corrected chi connectivity index (χ4v) is 4.63. The SMILES string of the molecule is Cc1cc(C)c(C(N)C[N]([Co])CC(N)c2c(C)cc(C)cc2C)c(C)c1. The van der Waals surface area contributed by atoms with Gasteiger partial charge in [0, 0.05) is 0 Å². The summed E-state index contributed by atoms with van der Waals surface area (Å²) in [4.78, 5) is 0. The summed E-state index contributed by atoms with van der Waals surface area (Å²) in [6.07, 6.45) is 0. The summed E-state index contributed by atoms with van der Waals surface area (Å²) in [6.45, 7) is 14.1. The quantitative estimate of drug-likeness (QED) is 0.775. The van der Waals surface area contributed by atoms with Crippen LogP contribution in [0.4, 0.5) is 0 Å². The molecule has 0 aliphatic carbocycles. The summed E-state index contributed by atoms with van der Waals surface area (Å²) < 4.78 is 1.94. The van der Waals surface area contributed by atoms with Crippen LogP contribution in [0, 0.1) is 41.5 Å². The molecule has 4 N–H and O–H groups in total. The predicted molar refractivity (Wildman–Crippen MR) is 107 cm³/mol. The van der Waals surface area contributed by atoms with Crippen molar-refractivity contribution in [2.45, 2.75) is 53.6 Å². The van der Waals surface area contributed by atoms with Crippen molar-refractivity contribution in [3.05, 3.63) is 68.8 Å². The number of hydrogen-bond donors (Lipinski definition) is 2. The van der Waals surface area contributed by atoms with E-state index in [0.717, 1.165) is 0 Å². The predicted octanol–water partition coefficient (Wildman–Crippen LogP) is 4.00. The van der Waals surface area contributed by atoms with Gasteiger partial charge in [-0.25, -0.2) is 0 Å². The van der Waals surface area contributed by atoms with Crippen molar-refractivity contribution in [2.75, 3.05) is 13.1 Å². The second kappa shape index (κ2) is 8.68. The topological polar surface area (TPSA) is 55.3 Å². The maximum atomic E-state index is 6.51. The van der Waals surface area contributed by atoms with Crippen LogP contribution in [0.15, 0.2) is 24.3 Å². The molecular weight excluding hydrogens is 365 g/mol. The van der Waals surface area contributed by atoms with Crippen LogP contribution in [-0.4, -0.2) is 17.0 Å². The summed E-state index contributed by atoms with van der Waals surface area (Å²) in [5.74, 6) is 0. The molecule has 26 heavy (non-hydrogen) atoms. The van der Waals surface area contributed by atoms with Crippen molar-refractivity contribution in [2.24, 2.45) is 11.5 Å². The Morgan fingerprint density at radius 3 is 1.23 bits per heavy atom. The van der Waals surface area contributed by atoms with Crippen LogP contribution in [0.1, 0.15) is 56.6 Å². The molecule has 144 valence electrons. The first-order chi connectivity index (χ1) is 12.1. The average molecular weight is 397 g/mol. The van der Waals surface area contributed by atoms with E-state index >= 15 is 0 Å². The van der Waals surface area contributed by atoms with Gasteiger partial charge in [-0.15, -0.1) is 0 Å². The van der Waals surface area contributed by atoms with E-state index in [4.69, 9.17) is 27.4 Å². The normalized spacial score (nSPS) is 14.0. The van der Waals surface area contributed by atoms with Gasteiger partial charge >= 0.3 is 167 Å². The van der Waals surface area contributed by atoms with E-state index in [1.165, 1.54) is 44.5 Å². The third-order valence-corrected chi connectivity index (χ3v) is 5.37. The van der Waals surface area contributed by atoms with E-state index < -0.39 is 0 Å². The number of hydrogen-bond acceptors (Lipinski definition) is 3. The van der Waals surface area contributed by atoms with E-state index in [2.05, 4.69) is 65.8 Å². The van der Waals surface area contributed by atoms with Crippen molar-refractivity contribution in [1.82, 2.24) is 3.95 Å². The molecule has 0 bridgehead atoms. The van der Waals surface area contributed by atoms with Gasteiger partial charge < -0.3 is 0 Å². The van der Waals surface area contributed by atoms with Gasteiger partial charge in [0.1, 0.15) is 0 Å². The van der Waals surface area contributed by atoms with Gasteiger partial charge in [0.05, 0.1) is 0 Å². The molecule has 0 aliphatic heterocycles. The molecule has 0 saturated carbocycles. The Hall–Kier alpha value is -1.17. The van der Waals surface area contributed by atoms with Crippen LogP contribution in [0.5, 0.6) is 0 Å². The van der Waals surface area contributed by atoms with E-state index in [1.807, 2.05) is 3.95 Å². The first-order valence-electron chi connectivity index (χ1n) is 9.15. The zero-order valence-electron chi connectivity index (χ0n) is 16.8. The van der Waals surface area contributed by atoms with Crippen LogP contribution in [0.3, 0.4) is 0 Å². The van der Waals surface area contributed by atoms with Crippen LogP contribution in [-0.2, 0) is 16.0 Å². The molecule has 0 aromatic heterocycles. The molecule has 2 unspecified atom stereocenters. The molecule has 0 aliphatic rings. The molecule has 0 radical (unpaired) electrons. The second-order valence-corrected chi connectivity index (χ2v) is 8.30. The summed E-state index contributed by atoms with van der Waals surface area (Å²) in [6, 6.07) is 8.59. The van der Waals surface area contributed by atoms with Gasteiger partial charge in [-0.3, -0.25) is 0 Å². The van der Waals surface area contributed by atoms with E-state index in [0.29, 0.717) is 13.1 Å². The molecule has 3 nitrogen and oxygen atoms in total. The first-order valence-corrected chi connectivity index (χ1v) is 9.62. The van der Waals surface area contributed by atoms with Crippen molar-refractivity contribution in [1.29, 1.82) is 0 Å². The van der Waals surface area contributed by atoms with Crippen molar-refractivity contribution >= 4 is 0 Å². The van der Waals surface area contributed by atoms with Crippen molar-refractivity contribution in [3.8, 4) is 0 Å². The Kier molecular flexibility index (Phi) is 7.05. The monoisotopic (exact) mass is 397 g/mol. The van der Waals surface area contributed by atoms with Crippen LogP contribution < -0.4 is 11.5 Å². The zero-order valence-corrected chi connectivity index (χ0v) is 17.9. The first kappa shape index (κ1) is 21.1. The summed E-state index contributed by atoms with van der Waals surface area (Å²) in [5.41, 5.74) is 22.9. The third-order valence-electron chi connectivity index (χ3n) is 4.99. The number of benzene rings is 2. The Labute approximate surface area is 166 Å². The Morgan fingerprint density at radius 1 is 0.692 bits per heavy atom. The van der Waals surface area contributed by atoms with Gasteiger partial charge in [-0.2, -0.15) is 0 Å². The molecule has 2 aromatic rings. The van der Waals surface area contributed by atoms with Crippen LogP contribution >= 0.6 is 0 Å². The van der Waals surface area contributed by atoms with Gasteiger partial charge in [-0.1, -0.05) is 0 Å². The van der Waals surface area contributed by atoms with Gasteiger partial charge in [0.25, 0.3) is 0 Å². The fourth-order valence-electron chi connectivity index (χ4n) is 4.22. The van der Waals surface area contributed by atoms with Crippen molar-refractivity contribution < 1.29 is 16.0 Å². The van der Waals surface area contributed by atoms with Crippen molar-refractivity contribution in [3.63, 3.8) is 0 Å². The molecule has 2 atom stereocenters. The molecule has 0 fully saturated rings. The minimum atomic E-state index is -0.0846. The summed E-state index contributed by atoms with van der Waals surface area (Å²) >= 11 is 4.72. The maximum absolute atomic E-state index is 6.51. The summed E-state index contributed by atoms with van der Waals surface area (Å²) in [5, 5.41) is 0. The number of rotatable bonds is 6. The Balaban J connectivity index is 2.10. The Morgan fingerprint density at radius 2 is 0.962 bits per heavy atom. The molecule has 0 amide bonds. The average Bonchev–Trinajstić information content (AvgIpc) is 2.44. The van der Waals surface area contributed by atoms with E-state index in [1.54, 1.807) is 0 Å². The molecule has 0 spiro atoms. The van der Waals surface area contributed by atoms with Gasteiger partial charge in [-0.05, 0) is 0 Å². The minimum absolute atomic E-state index is 0.0846. The number of aryl methyl sites for hydroxylation is 6. The van der Waals surface area contributed by atoms with E-state index in [9.17, 15) is 0 Å². The van der Waals surface area contributed by atoms with Gasteiger partial charge in [0.15, 0.2) is 0 Å². The molecule has 0 saturated heterocycles. The van der Waals surface area contributed by atoms with Gasteiger partial charge in [0.2, 0.25) is 0 Å². The van der Waals surface area contributed by atoms with Crippen LogP contribution in [0.25, 0.3) is 0 Å². The molecule has 2 rings (SSSR count). The molecular formula is C22H32CoN3. The molecule has 0 heterocycles. The number of nitrogens with two attached hydrogens (primary N) is 2. The van der Waals surface area contributed by atoms with Crippen LogP contribution in [0.2, 0.25) is 0 Å². The molecule has 2 aromatic carbocycles. The number of nitrogens with zero attached hydrogens (tertiary/aromatic N) is 1. The fraction of sp³-hybridized carbons (Fsp3) is 0.455. The summed E-state index contributed by atoms with van der Waals surface area (Å²) in [7, 11) is 0. The second-order valence-electron chi connectivity index (χ2n) is 7.64. The standard InChI is InChI=1S/C22H32N3.Co/c1-13-7-15(3)21(16(4)8-13)19(23)11-25-12-20(24)22-17(5)9-14(2)10-18(22)6;/h7-10,19-20H,11-12,23-24H2,1-6H3;/q-1;+1. The third kappa shape index (κ3) is 4.96.